The van der Waals surface area contributed by atoms with Crippen LogP contribution in [-0.2, 0) is 11.3 Å². The van der Waals surface area contributed by atoms with Crippen molar-refractivity contribution in [3.05, 3.63) is 90.0 Å². The molecule has 0 radical (unpaired) electrons. The number of carbonyl (C=O) groups excluding carboxylic acids is 1. The fraction of sp³-hybridized carbons (Fsp3) is 0.0833. The van der Waals surface area contributed by atoms with E-state index in [1.165, 1.54) is 0 Å². The van der Waals surface area contributed by atoms with Gasteiger partial charge in [0.2, 0.25) is 0 Å². The number of hydrogen-bond acceptors (Lipinski definition) is 4. The molecule has 0 spiro atoms. The van der Waals surface area contributed by atoms with E-state index in [4.69, 9.17) is 14.3 Å². The summed E-state index contributed by atoms with van der Waals surface area (Å²) in [6.07, 6.45) is 0. The molecular formula is C24H19NO5. The van der Waals surface area contributed by atoms with Gasteiger partial charge in [-0.2, -0.15) is 0 Å². The quantitative estimate of drug-likeness (QED) is 0.476. The minimum absolute atomic E-state index is 0.173. The van der Waals surface area contributed by atoms with Crippen molar-refractivity contribution in [2.75, 3.05) is 6.61 Å². The molecule has 0 aliphatic heterocycles. The van der Waals surface area contributed by atoms with E-state index in [-0.39, 0.29) is 5.91 Å². The number of rotatable bonds is 7. The third-order valence-electron chi connectivity index (χ3n) is 4.58. The number of carboxylic acid groups (broad SMARTS) is 1. The fourth-order valence-electron chi connectivity index (χ4n) is 3.13. The SMILES string of the molecule is O=C(O)COc1ccccc1-c1cc2cc(C(=O)NCc3ccccc3)ccc2o1. The maximum atomic E-state index is 12.5. The van der Waals surface area contributed by atoms with E-state index in [2.05, 4.69) is 5.32 Å². The zero-order valence-electron chi connectivity index (χ0n) is 16.0. The molecule has 0 aliphatic carbocycles. The van der Waals surface area contributed by atoms with Gasteiger partial charge in [0.05, 0.1) is 5.56 Å². The highest BCUT2D eigenvalue weighted by molar-refractivity contribution is 5.98. The molecule has 0 fully saturated rings. The van der Waals surface area contributed by atoms with Crippen LogP contribution in [-0.4, -0.2) is 23.6 Å². The molecule has 0 aliphatic rings. The van der Waals surface area contributed by atoms with Crippen LogP contribution in [0.4, 0.5) is 0 Å². The zero-order valence-corrected chi connectivity index (χ0v) is 16.0. The number of ether oxygens (including phenoxy) is 1. The molecule has 3 aromatic carbocycles. The van der Waals surface area contributed by atoms with Gasteiger partial charge in [-0.1, -0.05) is 42.5 Å². The lowest BCUT2D eigenvalue weighted by molar-refractivity contribution is -0.139. The smallest absolute Gasteiger partial charge is 0.341 e. The number of carbonyl (C=O) groups is 2. The Morgan fingerprint density at radius 1 is 0.933 bits per heavy atom. The van der Waals surface area contributed by atoms with E-state index < -0.39 is 12.6 Å². The fourth-order valence-corrected chi connectivity index (χ4v) is 3.13. The van der Waals surface area contributed by atoms with Gasteiger partial charge >= 0.3 is 5.97 Å². The lowest BCUT2D eigenvalue weighted by Crippen LogP contribution is -2.22. The number of fused-ring (bicyclic) bond motifs is 1. The molecule has 6 nitrogen and oxygen atoms in total. The number of carboxylic acids is 1. The van der Waals surface area contributed by atoms with E-state index in [0.717, 1.165) is 10.9 Å². The normalized spacial score (nSPS) is 10.7. The standard InChI is InChI=1S/C24H19NO5/c26-23(27)15-29-21-9-5-4-8-19(21)22-13-18-12-17(10-11-20(18)30-22)24(28)25-14-16-6-2-1-3-7-16/h1-13H,14-15H2,(H,25,28)(H,26,27). The van der Waals surface area contributed by atoms with E-state index >= 15 is 0 Å². The third-order valence-corrected chi connectivity index (χ3v) is 4.58. The van der Waals surface area contributed by atoms with Gasteiger partial charge in [-0.15, -0.1) is 0 Å². The summed E-state index contributed by atoms with van der Waals surface area (Å²) in [4.78, 5) is 23.3. The molecule has 0 bridgehead atoms. The number of aliphatic carboxylic acids is 1. The van der Waals surface area contributed by atoms with Gasteiger partial charge in [-0.3, -0.25) is 4.79 Å². The van der Waals surface area contributed by atoms with Gasteiger partial charge in [0.25, 0.3) is 5.91 Å². The first-order valence-electron chi connectivity index (χ1n) is 9.40. The summed E-state index contributed by atoms with van der Waals surface area (Å²) in [7, 11) is 0. The van der Waals surface area contributed by atoms with Crippen LogP contribution in [0.25, 0.3) is 22.3 Å². The Morgan fingerprint density at radius 2 is 1.70 bits per heavy atom. The lowest BCUT2D eigenvalue weighted by atomic mass is 10.1. The number of hydrogen-bond donors (Lipinski definition) is 2. The summed E-state index contributed by atoms with van der Waals surface area (Å²) in [5.74, 6) is -0.276. The van der Waals surface area contributed by atoms with Crippen molar-refractivity contribution in [2.24, 2.45) is 0 Å². The van der Waals surface area contributed by atoms with Crippen LogP contribution in [0.1, 0.15) is 15.9 Å². The van der Waals surface area contributed by atoms with Crippen molar-refractivity contribution in [3.63, 3.8) is 0 Å². The molecule has 0 saturated carbocycles. The predicted molar refractivity (Wildman–Crippen MR) is 112 cm³/mol. The van der Waals surface area contributed by atoms with Gasteiger partial charge in [-0.25, -0.2) is 4.79 Å². The number of nitrogens with one attached hydrogen (secondary N) is 1. The molecular weight excluding hydrogens is 382 g/mol. The Balaban J connectivity index is 1.56. The van der Waals surface area contributed by atoms with E-state index in [9.17, 15) is 9.59 Å². The molecule has 0 saturated heterocycles. The third kappa shape index (κ3) is 4.33. The molecule has 0 unspecified atom stereocenters. The van der Waals surface area contributed by atoms with Crippen molar-refractivity contribution < 1.29 is 23.8 Å². The van der Waals surface area contributed by atoms with Crippen LogP contribution in [0, 0.1) is 0 Å². The Hall–Kier alpha value is -4.06. The predicted octanol–water partition coefficient (Wildman–Crippen LogP) is 4.49. The molecule has 1 amide bonds. The summed E-state index contributed by atoms with van der Waals surface area (Å²) < 4.78 is 11.3. The number of amides is 1. The van der Waals surface area contributed by atoms with Gasteiger partial charge in [-0.05, 0) is 42.0 Å². The van der Waals surface area contributed by atoms with Gasteiger partial charge in [0.1, 0.15) is 17.1 Å². The van der Waals surface area contributed by atoms with Crippen LogP contribution in [0.15, 0.2) is 83.3 Å². The molecule has 1 heterocycles. The van der Waals surface area contributed by atoms with Crippen LogP contribution in [0.3, 0.4) is 0 Å². The van der Waals surface area contributed by atoms with Crippen molar-refractivity contribution >= 4 is 22.8 Å². The van der Waals surface area contributed by atoms with Crippen LogP contribution in [0.5, 0.6) is 5.75 Å². The molecule has 1 aromatic heterocycles. The average molecular weight is 401 g/mol. The minimum Gasteiger partial charge on any atom is -0.481 e. The van der Waals surface area contributed by atoms with Crippen molar-refractivity contribution in [1.29, 1.82) is 0 Å². The largest absolute Gasteiger partial charge is 0.481 e. The summed E-state index contributed by atoms with van der Waals surface area (Å²) in [5.41, 5.74) is 2.82. The molecule has 4 aromatic rings. The Labute approximate surface area is 172 Å². The molecule has 0 atom stereocenters. The van der Waals surface area contributed by atoms with Crippen LogP contribution in [0.2, 0.25) is 0 Å². The maximum Gasteiger partial charge on any atom is 0.341 e. The first kappa shape index (κ1) is 19.3. The molecule has 2 N–H and O–H groups in total. The molecule has 6 heteroatoms. The number of benzene rings is 3. The van der Waals surface area contributed by atoms with Gasteiger partial charge < -0.3 is 19.6 Å². The molecule has 150 valence electrons. The Kier molecular flexibility index (Phi) is 5.48. The minimum atomic E-state index is -1.06. The summed E-state index contributed by atoms with van der Waals surface area (Å²) >= 11 is 0. The van der Waals surface area contributed by atoms with E-state index in [1.807, 2.05) is 42.5 Å². The summed E-state index contributed by atoms with van der Waals surface area (Å²) in [6, 6.07) is 23.8. The van der Waals surface area contributed by atoms with Crippen LogP contribution >= 0.6 is 0 Å². The van der Waals surface area contributed by atoms with Gasteiger partial charge in [0, 0.05) is 17.5 Å². The monoisotopic (exact) mass is 401 g/mol. The highest BCUT2D eigenvalue weighted by Crippen LogP contribution is 2.34. The number of furan rings is 1. The topological polar surface area (TPSA) is 88.8 Å². The molecule has 4 rings (SSSR count). The van der Waals surface area contributed by atoms with Crippen molar-refractivity contribution in [3.8, 4) is 17.1 Å². The highest BCUT2D eigenvalue weighted by atomic mass is 16.5. The zero-order chi connectivity index (χ0) is 20.9. The van der Waals surface area contributed by atoms with E-state index in [1.54, 1.807) is 36.4 Å². The van der Waals surface area contributed by atoms with Crippen LogP contribution < -0.4 is 10.1 Å². The van der Waals surface area contributed by atoms with Crippen molar-refractivity contribution in [1.82, 2.24) is 5.32 Å². The second-order valence-electron chi connectivity index (χ2n) is 6.71. The second kappa shape index (κ2) is 8.53. The first-order valence-corrected chi connectivity index (χ1v) is 9.40. The highest BCUT2D eigenvalue weighted by Gasteiger charge is 2.14. The second-order valence-corrected chi connectivity index (χ2v) is 6.71. The molecule has 30 heavy (non-hydrogen) atoms. The maximum absolute atomic E-state index is 12.5. The summed E-state index contributed by atoms with van der Waals surface area (Å²) in [5, 5.41) is 12.5. The van der Waals surface area contributed by atoms with Gasteiger partial charge in [0.15, 0.2) is 6.61 Å². The Bertz CT molecular complexity index is 1200. The lowest BCUT2D eigenvalue weighted by Gasteiger charge is -2.07. The Morgan fingerprint density at radius 3 is 2.50 bits per heavy atom. The summed E-state index contributed by atoms with van der Waals surface area (Å²) in [6.45, 7) is 0.00557. The number of para-hydroxylation sites is 1. The van der Waals surface area contributed by atoms with Crippen molar-refractivity contribution in [2.45, 2.75) is 6.54 Å². The first-order chi connectivity index (χ1) is 14.6. The average Bonchev–Trinajstić information content (AvgIpc) is 3.20. The van der Waals surface area contributed by atoms with E-state index in [0.29, 0.717) is 34.8 Å².